The molecule has 0 amide bonds. The Hall–Kier alpha value is -2.90. The van der Waals surface area contributed by atoms with Crippen molar-refractivity contribution in [2.24, 2.45) is 0 Å². The van der Waals surface area contributed by atoms with E-state index in [1.807, 2.05) is 0 Å². The summed E-state index contributed by atoms with van der Waals surface area (Å²) in [7, 11) is 0. The van der Waals surface area contributed by atoms with Crippen LogP contribution in [0.25, 0.3) is 16.7 Å². The molecule has 1 aromatic carbocycles. The molecule has 23 heavy (non-hydrogen) atoms. The fourth-order valence-corrected chi connectivity index (χ4v) is 2.36. The van der Waals surface area contributed by atoms with E-state index in [0.29, 0.717) is 16.7 Å². The lowest BCUT2D eigenvalue weighted by Crippen LogP contribution is -2.05. The number of hydrogen-bond acceptors (Lipinski definition) is 3. The Bertz CT molecular complexity index is 899. The minimum Gasteiger partial charge on any atom is -0.301 e. The first-order chi connectivity index (χ1) is 10.8. The van der Waals surface area contributed by atoms with E-state index in [1.165, 1.54) is 18.2 Å². The Morgan fingerprint density at radius 1 is 1.22 bits per heavy atom. The van der Waals surface area contributed by atoms with Crippen molar-refractivity contribution < 1.29 is 18.1 Å². The Labute approximate surface area is 128 Å². The fourth-order valence-electron chi connectivity index (χ4n) is 2.36. The van der Waals surface area contributed by atoms with Gasteiger partial charge in [0.1, 0.15) is 11.8 Å². The zero-order valence-electron chi connectivity index (χ0n) is 11.8. The van der Waals surface area contributed by atoms with E-state index in [-0.39, 0.29) is 5.69 Å². The summed E-state index contributed by atoms with van der Waals surface area (Å²) in [4.78, 5) is 14.3. The monoisotopic (exact) mass is 321 g/mol. The Balaban J connectivity index is 2.12. The van der Waals surface area contributed by atoms with Crippen molar-refractivity contribution in [2.75, 3.05) is 0 Å². The lowest BCUT2D eigenvalue weighted by molar-refractivity contribution is -0.385. The molecule has 2 heterocycles. The van der Waals surface area contributed by atoms with Gasteiger partial charge in [-0.3, -0.25) is 10.1 Å². The largest absolute Gasteiger partial charge is 0.416 e. The van der Waals surface area contributed by atoms with Crippen LogP contribution in [0.1, 0.15) is 11.1 Å². The minimum atomic E-state index is -4.40. The predicted octanol–water partition coefficient (Wildman–Crippen LogP) is 4.26. The van der Waals surface area contributed by atoms with Gasteiger partial charge in [-0.2, -0.15) is 13.2 Å². The van der Waals surface area contributed by atoms with Gasteiger partial charge < -0.3 is 4.57 Å². The second-order valence-electron chi connectivity index (χ2n) is 5.05. The molecule has 0 fully saturated rings. The molecular weight excluding hydrogens is 311 g/mol. The molecule has 2 aromatic heterocycles. The van der Waals surface area contributed by atoms with Crippen LogP contribution in [0.5, 0.6) is 0 Å². The fraction of sp³-hybridized carbons (Fsp3) is 0.133. The molecular formula is C15H10F3N3O2. The zero-order chi connectivity index (χ0) is 16.8. The predicted molar refractivity (Wildman–Crippen MR) is 77.5 cm³/mol. The summed E-state index contributed by atoms with van der Waals surface area (Å²) in [5.74, 6) is 0. The Morgan fingerprint density at radius 3 is 2.43 bits per heavy atom. The van der Waals surface area contributed by atoms with E-state index in [0.717, 1.165) is 23.9 Å². The zero-order valence-corrected chi connectivity index (χ0v) is 11.8. The Morgan fingerprint density at radius 2 is 1.87 bits per heavy atom. The summed E-state index contributed by atoms with van der Waals surface area (Å²) in [5.41, 5.74) is 0.824. The summed E-state index contributed by atoms with van der Waals surface area (Å²) in [5, 5.41) is 11.4. The third kappa shape index (κ3) is 2.63. The first-order valence-electron chi connectivity index (χ1n) is 6.57. The smallest absolute Gasteiger partial charge is 0.301 e. The molecule has 5 nitrogen and oxygen atoms in total. The maximum atomic E-state index is 12.6. The van der Waals surface area contributed by atoms with Crippen molar-refractivity contribution in [3.8, 4) is 5.69 Å². The molecule has 3 rings (SSSR count). The molecule has 118 valence electrons. The van der Waals surface area contributed by atoms with Crippen LogP contribution in [0.4, 0.5) is 18.9 Å². The molecule has 3 aromatic rings. The molecule has 0 aliphatic carbocycles. The number of aryl methyl sites for hydroxylation is 1. The molecule has 0 spiro atoms. The van der Waals surface area contributed by atoms with E-state index in [1.54, 1.807) is 17.7 Å². The topological polar surface area (TPSA) is 61.0 Å². The van der Waals surface area contributed by atoms with Crippen LogP contribution >= 0.6 is 0 Å². The van der Waals surface area contributed by atoms with Gasteiger partial charge in [-0.15, -0.1) is 0 Å². The highest BCUT2D eigenvalue weighted by molar-refractivity contribution is 5.83. The van der Waals surface area contributed by atoms with Crippen molar-refractivity contribution in [1.29, 1.82) is 0 Å². The molecule has 0 saturated heterocycles. The first kappa shape index (κ1) is 15.0. The van der Waals surface area contributed by atoms with Crippen molar-refractivity contribution in [3.63, 3.8) is 0 Å². The minimum absolute atomic E-state index is 0.134. The summed E-state index contributed by atoms with van der Waals surface area (Å²) in [6.45, 7) is 1.76. The van der Waals surface area contributed by atoms with Gasteiger partial charge in [-0.25, -0.2) is 4.98 Å². The van der Waals surface area contributed by atoms with Crippen LogP contribution in [0.15, 0.2) is 42.7 Å². The normalized spacial score (nSPS) is 11.8. The number of fused-ring (bicyclic) bond motifs is 1. The molecule has 0 N–H and O–H groups in total. The lowest BCUT2D eigenvalue weighted by atomic mass is 10.2. The summed E-state index contributed by atoms with van der Waals surface area (Å²) in [6, 6.07) is 6.05. The number of nitrogens with zero attached hydrogens (tertiary/aromatic N) is 3. The average Bonchev–Trinajstić information content (AvgIpc) is 2.83. The van der Waals surface area contributed by atoms with Crippen LogP contribution < -0.4 is 0 Å². The summed E-state index contributed by atoms with van der Waals surface area (Å²) in [6.07, 6.45) is -1.58. The van der Waals surface area contributed by atoms with Gasteiger partial charge in [0.05, 0.1) is 10.5 Å². The van der Waals surface area contributed by atoms with Gasteiger partial charge in [-0.05, 0) is 36.8 Å². The van der Waals surface area contributed by atoms with Crippen molar-refractivity contribution in [1.82, 2.24) is 9.55 Å². The molecule has 0 atom stereocenters. The number of aromatic nitrogens is 2. The standard InChI is InChI=1S/C15H10F3N3O2/c1-9-8-20(11-4-2-10(3-5-11)15(16,17)18)14-13(9)6-12(7-19-14)21(22)23/h2-8H,1H3. The van der Waals surface area contributed by atoms with Crippen molar-refractivity contribution in [2.45, 2.75) is 13.1 Å². The van der Waals surface area contributed by atoms with Gasteiger partial charge in [-0.1, -0.05) is 0 Å². The number of nitro groups is 1. The SMILES string of the molecule is Cc1cn(-c2ccc(C(F)(F)F)cc2)c2ncc([N+](=O)[O-])cc12. The van der Waals surface area contributed by atoms with Gasteiger partial charge in [0.25, 0.3) is 5.69 Å². The molecule has 8 heteroatoms. The number of pyridine rings is 1. The number of hydrogen-bond donors (Lipinski definition) is 0. The van der Waals surface area contributed by atoms with Gasteiger partial charge >= 0.3 is 6.18 Å². The number of rotatable bonds is 2. The van der Waals surface area contributed by atoms with E-state index < -0.39 is 16.7 Å². The maximum Gasteiger partial charge on any atom is 0.416 e. The molecule has 0 radical (unpaired) electrons. The van der Waals surface area contributed by atoms with Gasteiger partial charge in [0.2, 0.25) is 0 Å². The molecule has 0 saturated carbocycles. The summed E-state index contributed by atoms with van der Waals surface area (Å²) < 4.78 is 39.5. The van der Waals surface area contributed by atoms with E-state index in [2.05, 4.69) is 4.98 Å². The molecule has 0 aliphatic heterocycles. The van der Waals surface area contributed by atoms with Gasteiger partial charge in [0.15, 0.2) is 0 Å². The first-order valence-corrected chi connectivity index (χ1v) is 6.57. The van der Waals surface area contributed by atoms with Gasteiger partial charge in [0, 0.05) is 23.3 Å². The summed E-state index contributed by atoms with van der Waals surface area (Å²) >= 11 is 0. The third-order valence-corrected chi connectivity index (χ3v) is 3.51. The quantitative estimate of drug-likeness (QED) is 0.523. The number of benzene rings is 1. The van der Waals surface area contributed by atoms with E-state index in [9.17, 15) is 23.3 Å². The Kier molecular flexibility index (Phi) is 3.32. The van der Waals surface area contributed by atoms with E-state index >= 15 is 0 Å². The molecule has 0 bridgehead atoms. The van der Waals surface area contributed by atoms with Crippen LogP contribution in [-0.2, 0) is 6.18 Å². The maximum absolute atomic E-state index is 12.6. The average molecular weight is 321 g/mol. The van der Waals surface area contributed by atoms with Crippen LogP contribution in [-0.4, -0.2) is 14.5 Å². The van der Waals surface area contributed by atoms with Crippen LogP contribution in [0.3, 0.4) is 0 Å². The highest BCUT2D eigenvalue weighted by atomic mass is 19.4. The van der Waals surface area contributed by atoms with Crippen LogP contribution in [0, 0.1) is 17.0 Å². The highest BCUT2D eigenvalue weighted by Crippen LogP contribution is 2.31. The highest BCUT2D eigenvalue weighted by Gasteiger charge is 2.30. The molecule has 0 unspecified atom stereocenters. The van der Waals surface area contributed by atoms with Crippen molar-refractivity contribution >= 4 is 16.7 Å². The van der Waals surface area contributed by atoms with E-state index in [4.69, 9.17) is 0 Å². The third-order valence-electron chi connectivity index (χ3n) is 3.51. The van der Waals surface area contributed by atoms with Crippen LogP contribution in [0.2, 0.25) is 0 Å². The second-order valence-corrected chi connectivity index (χ2v) is 5.05. The lowest BCUT2D eigenvalue weighted by Gasteiger charge is -2.09. The number of halogens is 3. The molecule has 0 aliphatic rings. The second kappa shape index (κ2) is 5.08. The van der Waals surface area contributed by atoms with Crippen molar-refractivity contribution in [3.05, 3.63) is 64.0 Å². The number of alkyl halides is 3.